The predicted octanol–water partition coefficient (Wildman–Crippen LogP) is 3.93. The standard InChI is InChI=1S/C21H24BrFN2O3/c1-27-17-6-4-5-15(11-17)19(25-9-2-3-10-25)13-24-21(26)14-28-20-8-7-16(23)12-18(20)22/h4-8,11-12,19H,2-3,9-10,13-14H2,1H3,(H,24,26). The summed E-state index contributed by atoms with van der Waals surface area (Å²) in [6.45, 7) is 2.38. The second-order valence-corrected chi connectivity index (χ2v) is 7.56. The summed E-state index contributed by atoms with van der Waals surface area (Å²) in [6.07, 6.45) is 2.33. The van der Waals surface area contributed by atoms with Gasteiger partial charge in [-0.1, -0.05) is 12.1 Å². The summed E-state index contributed by atoms with van der Waals surface area (Å²) in [5.74, 6) is 0.650. The molecule has 1 heterocycles. The van der Waals surface area contributed by atoms with E-state index in [1.165, 1.54) is 18.2 Å². The maximum atomic E-state index is 13.1. The van der Waals surface area contributed by atoms with Crippen LogP contribution in [0.1, 0.15) is 24.4 Å². The molecule has 1 unspecified atom stereocenters. The molecule has 5 nitrogen and oxygen atoms in total. The van der Waals surface area contributed by atoms with Gasteiger partial charge in [0.25, 0.3) is 5.91 Å². The number of benzene rings is 2. The zero-order valence-electron chi connectivity index (χ0n) is 15.8. The van der Waals surface area contributed by atoms with Crippen LogP contribution in [0.25, 0.3) is 0 Å². The molecule has 0 saturated carbocycles. The molecular weight excluding hydrogens is 427 g/mol. The third-order valence-electron chi connectivity index (χ3n) is 4.81. The molecule has 1 atom stereocenters. The highest BCUT2D eigenvalue weighted by molar-refractivity contribution is 9.10. The molecule has 0 radical (unpaired) electrons. The number of carbonyl (C=O) groups is 1. The lowest BCUT2D eigenvalue weighted by molar-refractivity contribution is -0.123. The van der Waals surface area contributed by atoms with Gasteiger partial charge in [-0.15, -0.1) is 0 Å². The Kier molecular flexibility index (Phi) is 7.28. The second-order valence-electron chi connectivity index (χ2n) is 6.70. The van der Waals surface area contributed by atoms with Crippen molar-refractivity contribution in [3.05, 3.63) is 58.3 Å². The highest BCUT2D eigenvalue weighted by Gasteiger charge is 2.24. The molecule has 1 saturated heterocycles. The van der Waals surface area contributed by atoms with Crippen LogP contribution >= 0.6 is 15.9 Å². The van der Waals surface area contributed by atoms with Gasteiger partial charge in [-0.05, 0) is 77.8 Å². The van der Waals surface area contributed by atoms with E-state index in [0.717, 1.165) is 37.2 Å². The van der Waals surface area contributed by atoms with Crippen LogP contribution in [0.4, 0.5) is 4.39 Å². The number of amides is 1. The van der Waals surface area contributed by atoms with E-state index in [2.05, 4.69) is 32.2 Å². The van der Waals surface area contributed by atoms with Crippen LogP contribution in [0.2, 0.25) is 0 Å². The lowest BCUT2D eigenvalue weighted by Gasteiger charge is -2.28. The molecule has 0 aromatic heterocycles. The second kappa shape index (κ2) is 9.89. The van der Waals surface area contributed by atoms with Gasteiger partial charge in [0.2, 0.25) is 0 Å². The van der Waals surface area contributed by atoms with Crippen molar-refractivity contribution < 1.29 is 18.7 Å². The fourth-order valence-electron chi connectivity index (χ4n) is 3.36. The molecule has 2 aromatic carbocycles. The molecule has 7 heteroatoms. The lowest BCUT2D eigenvalue weighted by atomic mass is 10.0. The van der Waals surface area contributed by atoms with Gasteiger partial charge in [-0.25, -0.2) is 4.39 Å². The molecule has 150 valence electrons. The Balaban J connectivity index is 1.60. The Hall–Kier alpha value is -2.12. The zero-order valence-corrected chi connectivity index (χ0v) is 17.4. The van der Waals surface area contributed by atoms with Crippen molar-refractivity contribution in [3.63, 3.8) is 0 Å². The first-order valence-electron chi connectivity index (χ1n) is 9.29. The zero-order chi connectivity index (χ0) is 19.9. The summed E-state index contributed by atoms with van der Waals surface area (Å²) in [7, 11) is 1.65. The van der Waals surface area contributed by atoms with Crippen molar-refractivity contribution >= 4 is 21.8 Å². The van der Waals surface area contributed by atoms with Gasteiger partial charge >= 0.3 is 0 Å². The fraction of sp³-hybridized carbons (Fsp3) is 0.381. The number of likely N-dealkylation sites (tertiary alicyclic amines) is 1. The van der Waals surface area contributed by atoms with E-state index < -0.39 is 0 Å². The van der Waals surface area contributed by atoms with Crippen molar-refractivity contribution in [2.24, 2.45) is 0 Å². The summed E-state index contributed by atoms with van der Waals surface area (Å²) in [5.41, 5.74) is 1.11. The molecule has 0 spiro atoms. The van der Waals surface area contributed by atoms with Crippen LogP contribution in [0.15, 0.2) is 46.9 Å². The van der Waals surface area contributed by atoms with Gasteiger partial charge in [-0.2, -0.15) is 0 Å². The Bertz CT molecular complexity index is 812. The summed E-state index contributed by atoms with van der Waals surface area (Å²) < 4.78 is 24.5. The van der Waals surface area contributed by atoms with Crippen LogP contribution in [0, 0.1) is 5.82 Å². The molecule has 2 aromatic rings. The third kappa shape index (κ3) is 5.45. The van der Waals surface area contributed by atoms with E-state index in [1.807, 2.05) is 18.2 Å². The normalized spacial score (nSPS) is 15.2. The van der Waals surface area contributed by atoms with Crippen LogP contribution < -0.4 is 14.8 Å². The minimum atomic E-state index is -0.365. The molecular formula is C21H24BrFN2O3. The van der Waals surface area contributed by atoms with E-state index in [4.69, 9.17) is 9.47 Å². The Morgan fingerprint density at radius 1 is 1.25 bits per heavy atom. The third-order valence-corrected chi connectivity index (χ3v) is 5.42. The van der Waals surface area contributed by atoms with Crippen molar-refractivity contribution in [2.75, 3.05) is 33.4 Å². The smallest absolute Gasteiger partial charge is 0.258 e. The van der Waals surface area contributed by atoms with E-state index in [0.29, 0.717) is 16.8 Å². The Morgan fingerprint density at radius 3 is 2.75 bits per heavy atom. The molecule has 1 N–H and O–H groups in total. The maximum absolute atomic E-state index is 13.1. The fourth-order valence-corrected chi connectivity index (χ4v) is 3.82. The number of hydrogen-bond acceptors (Lipinski definition) is 4. The number of nitrogens with one attached hydrogen (secondary N) is 1. The summed E-state index contributed by atoms with van der Waals surface area (Å²) in [6, 6.07) is 12.1. The number of halogens is 2. The predicted molar refractivity (Wildman–Crippen MR) is 109 cm³/mol. The van der Waals surface area contributed by atoms with Crippen LogP contribution in [-0.2, 0) is 4.79 Å². The Labute approximate surface area is 172 Å². The van der Waals surface area contributed by atoms with E-state index in [1.54, 1.807) is 7.11 Å². The van der Waals surface area contributed by atoms with Crippen LogP contribution in [0.3, 0.4) is 0 Å². The van der Waals surface area contributed by atoms with E-state index in [-0.39, 0.29) is 24.4 Å². The van der Waals surface area contributed by atoms with E-state index >= 15 is 0 Å². The molecule has 1 fully saturated rings. The van der Waals surface area contributed by atoms with Gasteiger partial charge < -0.3 is 14.8 Å². The van der Waals surface area contributed by atoms with Crippen LogP contribution in [-0.4, -0.2) is 44.2 Å². The first kappa shape index (κ1) is 20.6. The van der Waals surface area contributed by atoms with Gasteiger partial charge in [0, 0.05) is 6.54 Å². The average Bonchev–Trinajstić information content (AvgIpc) is 3.22. The van der Waals surface area contributed by atoms with Crippen molar-refractivity contribution in [3.8, 4) is 11.5 Å². The number of hydrogen-bond donors (Lipinski definition) is 1. The van der Waals surface area contributed by atoms with E-state index in [9.17, 15) is 9.18 Å². The highest BCUT2D eigenvalue weighted by Crippen LogP contribution is 2.27. The molecule has 1 aliphatic rings. The number of ether oxygens (including phenoxy) is 2. The molecule has 0 aliphatic carbocycles. The SMILES string of the molecule is COc1cccc(C(CNC(=O)COc2ccc(F)cc2Br)N2CCCC2)c1. The number of rotatable bonds is 8. The topological polar surface area (TPSA) is 50.8 Å². The number of methoxy groups -OCH3 is 1. The number of nitrogens with zero attached hydrogens (tertiary/aromatic N) is 1. The summed E-state index contributed by atoms with van der Waals surface area (Å²) >= 11 is 3.23. The van der Waals surface area contributed by atoms with Gasteiger partial charge in [0.15, 0.2) is 6.61 Å². The van der Waals surface area contributed by atoms with Crippen molar-refractivity contribution in [1.82, 2.24) is 10.2 Å². The monoisotopic (exact) mass is 450 g/mol. The van der Waals surface area contributed by atoms with Crippen LogP contribution in [0.5, 0.6) is 11.5 Å². The largest absolute Gasteiger partial charge is 0.497 e. The first-order chi connectivity index (χ1) is 13.6. The first-order valence-corrected chi connectivity index (χ1v) is 10.1. The molecule has 1 amide bonds. The highest BCUT2D eigenvalue weighted by atomic mass is 79.9. The van der Waals surface area contributed by atoms with Crippen molar-refractivity contribution in [1.29, 1.82) is 0 Å². The molecule has 1 aliphatic heterocycles. The quantitative estimate of drug-likeness (QED) is 0.661. The van der Waals surface area contributed by atoms with Gasteiger partial charge in [-0.3, -0.25) is 9.69 Å². The number of carbonyl (C=O) groups excluding carboxylic acids is 1. The lowest BCUT2D eigenvalue weighted by Crippen LogP contribution is -2.38. The van der Waals surface area contributed by atoms with Gasteiger partial charge in [0.1, 0.15) is 17.3 Å². The molecule has 3 rings (SSSR count). The molecule has 28 heavy (non-hydrogen) atoms. The molecule has 0 bridgehead atoms. The minimum Gasteiger partial charge on any atom is -0.497 e. The minimum absolute atomic E-state index is 0.0825. The summed E-state index contributed by atoms with van der Waals surface area (Å²) in [4.78, 5) is 14.7. The maximum Gasteiger partial charge on any atom is 0.258 e. The van der Waals surface area contributed by atoms with Crippen molar-refractivity contribution in [2.45, 2.75) is 18.9 Å². The summed E-state index contributed by atoms with van der Waals surface area (Å²) in [5, 5.41) is 2.96. The Morgan fingerprint density at radius 2 is 2.04 bits per heavy atom. The average molecular weight is 451 g/mol. The van der Waals surface area contributed by atoms with Gasteiger partial charge in [0.05, 0.1) is 17.6 Å².